The van der Waals surface area contributed by atoms with Crippen molar-refractivity contribution in [3.63, 3.8) is 0 Å². The molecule has 0 aromatic carbocycles. The molecule has 2 rings (SSSR count). The molecule has 1 aromatic rings. The first-order valence-electron chi connectivity index (χ1n) is 6.19. The zero-order valence-electron chi connectivity index (χ0n) is 10.2. The number of nitrogens with zero attached hydrogens (tertiary/aromatic N) is 1. The molecule has 98 valence electrons. The van der Waals surface area contributed by atoms with Gasteiger partial charge in [-0.15, -0.1) is 0 Å². The standard InChI is InChI=1S/C13H17NO4/c15-13(16)12-6-5-11(9-14-12)18-8-2-4-10-3-1-7-17-10/h5-6,9-10H,1-4,7-8H2,(H,15,16). The molecular formula is C13H17NO4. The van der Waals surface area contributed by atoms with Gasteiger partial charge in [-0.3, -0.25) is 0 Å². The summed E-state index contributed by atoms with van der Waals surface area (Å²) >= 11 is 0. The topological polar surface area (TPSA) is 68.7 Å². The summed E-state index contributed by atoms with van der Waals surface area (Å²) in [5.74, 6) is -0.424. The van der Waals surface area contributed by atoms with Crippen LogP contribution in [0.25, 0.3) is 0 Å². The highest BCUT2D eigenvalue weighted by Gasteiger charge is 2.14. The normalized spacial score (nSPS) is 18.8. The van der Waals surface area contributed by atoms with Gasteiger partial charge in [-0.05, 0) is 37.8 Å². The van der Waals surface area contributed by atoms with Gasteiger partial charge in [-0.2, -0.15) is 0 Å². The first-order valence-corrected chi connectivity index (χ1v) is 6.19. The first kappa shape index (κ1) is 12.8. The van der Waals surface area contributed by atoms with Gasteiger partial charge >= 0.3 is 5.97 Å². The molecule has 0 saturated carbocycles. The van der Waals surface area contributed by atoms with Crippen molar-refractivity contribution in [3.8, 4) is 5.75 Å². The molecule has 1 fully saturated rings. The van der Waals surface area contributed by atoms with Crippen molar-refractivity contribution >= 4 is 5.97 Å². The van der Waals surface area contributed by atoms with E-state index >= 15 is 0 Å². The van der Waals surface area contributed by atoms with Crippen LogP contribution in [-0.4, -0.2) is 35.4 Å². The van der Waals surface area contributed by atoms with E-state index in [1.54, 1.807) is 6.07 Å². The molecule has 1 aromatic heterocycles. The summed E-state index contributed by atoms with van der Waals surface area (Å²) in [5.41, 5.74) is 0.0294. The fraction of sp³-hybridized carbons (Fsp3) is 0.538. The number of aromatic carboxylic acids is 1. The van der Waals surface area contributed by atoms with Crippen molar-refractivity contribution in [1.82, 2.24) is 4.98 Å². The van der Waals surface area contributed by atoms with Crippen LogP contribution in [0.3, 0.4) is 0 Å². The summed E-state index contributed by atoms with van der Waals surface area (Å²) in [4.78, 5) is 14.4. The van der Waals surface area contributed by atoms with Crippen LogP contribution < -0.4 is 4.74 Å². The highest BCUT2D eigenvalue weighted by molar-refractivity contribution is 5.85. The first-order chi connectivity index (χ1) is 8.75. The minimum Gasteiger partial charge on any atom is -0.492 e. The molecule has 1 saturated heterocycles. The van der Waals surface area contributed by atoms with Gasteiger partial charge in [0.25, 0.3) is 0 Å². The van der Waals surface area contributed by atoms with Gasteiger partial charge in [0.2, 0.25) is 0 Å². The third kappa shape index (κ3) is 3.70. The maximum atomic E-state index is 10.6. The Morgan fingerprint density at radius 1 is 1.56 bits per heavy atom. The Labute approximate surface area is 106 Å². The molecule has 1 unspecified atom stereocenters. The van der Waals surface area contributed by atoms with Gasteiger partial charge in [-0.25, -0.2) is 9.78 Å². The zero-order chi connectivity index (χ0) is 12.8. The summed E-state index contributed by atoms with van der Waals surface area (Å²) in [6.07, 6.45) is 6.09. The number of ether oxygens (including phenoxy) is 2. The predicted octanol–water partition coefficient (Wildman–Crippen LogP) is 2.12. The van der Waals surface area contributed by atoms with Crippen LogP contribution in [0, 0.1) is 0 Å². The van der Waals surface area contributed by atoms with E-state index in [0.29, 0.717) is 18.5 Å². The Morgan fingerprint density at radius 2 is 2.44 bits per heavy atom. The van der Waals surface area contributed by atoms with E-state index in [1.165, 1.54) is 12.3 Å². The minimum atomic E-state index is -1.03. The lowest BCUT2D eigenvalue weighted by Gasteiger charge is -2.09. The van der Waals surface area contributed by atoms with Crippen LogP contribution in [0.4, 0.5) is 0 Å². The molecule has 0 bridgehead atoms. The van der Waals surface area contributed by atoms with Gasteiger partial charge in [0.05, 0.1) is 18.9 Å². The Morgan fingerprint density at radius 3 is 3.06 bits per heavy atom. The monoisotopic (exact) mass is 251 g/mol. The summed E-state index contributed by atoms with van der Waals surface area (Å²) in [7, 11) is 0. The Bertz CT molecular complexity index is 384. The van der Waals surface area contributed by atoms with Gasteiger partial charge in [0, 0.05) is 6.61 Å². The number of carboxylic acid groups (broad SMARTS) is 1. The molecular weight excluding hydrogens is 234 g/mol. The molecule has 1 aliphatic heterocycles. The van der Waals surface area contributed by atoms with Crippen molar-refractivity contribution in [2.75, 3.05) is 13.2 Å². The molecule has 0 spiro atoms. The molecule has 0 amide bonds. The maximum absolute atomic E-state index is 10.6. The number of carbonyl (C=O) groups is 1. The molecule has 5 heteroatoms. The van der Waals surface area contributed by atoms with Gasteiger partial charge in [-0.1, -0.05) is 0 Å². The van der Waals surface area contributed by atoms with Crippen LogP contribution in [0.5, 0.6) is 5.75 Å². The summed E-state index contributed by atoms with van der Waals surface area (Å²) < 4.78 is 11.0. The number of rotatable bonds is 6. The zero-order valence-corrected chi connectivity index (χ0v) is 10.2. The number of carboxylic acids is 1. The van der Waals surface area contributed by atoms with Gasteiger partial charge in [0.1, 0.15) is 11.4 Å². The van der Waals surface area contributed by atoms with Crippen molar-refractivity contribution in [3.05, 3.63) is 24.0 Å². The summed E-state index contributed by atoms with van der Waals surface area (Å²) in [6, 6.07) is 3.07. The fourth-order valence-corrected chi connectivity index (χ4v) is 1.97. The predicted molar refractivity (Wildman–Crippen MR) is 64.9 cm³/mol. The number of pyridine rings is 1. The number of hydrogen-bond donors (Lipinski definition) is 1. The lowest BCUT2D eigenvalue weighted by molar-refractivity contribution is 0.0690. The van der Waals surface area contributed by atoms with Crippen molar-refractivity contribution in [2.24, 2.45) is 0 Å². The van der Waals surface area contributed by atoms with Gasteiger partial charge in [0.15, 0.2) is 0 Å². The summed E-state index contributed by atoms with van der Waals surface area (Å²) in [5, 5.41) is 8.69. The fourth-order valence-electron chi connectivity index (χ4n) is 1.97. The quantitative estimate of drug-likeness (QED) is 0.784. The van der Waals surface area contributed by atoms with Crippen molar-refractivity contribution in [2.45, 2.75) is 31.8 Å². The van der Waals surface area contributed by atoms with E-state index in [4.69, 9.17) is 14.6 Å². The molecule has 0 radical (unpaired) electrons. The van der Waals surface area contributed by atoms with Crippen molar-refractivity contribution < 1.29 is 19.4 Å². The van der Waals surface area contributed by atoms with E-state index in [0.717, 1.165) is 32.3 Å². The second-order valence-corrected chi connectivity index (χ2v) is 4.31. The average Bonchev–Trinajstić information content (AvgIpc) is 2.88. The van der Waals surface area contributed by atoms with Crippen molar-refractivity contribution in [1.29, 1.82) is 0 Å². The van der Waals surface area contributed by atoms with Crippen LogP contribution in [-0.2, 0) is 4.74 Å². The number of aromatic nitrogens is 1. The molecule has 5 nitrogen and oxygen atoms in total. The van der Waals surface area contributed by atoms with Crippen LogP contribution >= 0.6 is 0 Å². The maximum Gasteiger partial charge on any atom is 0.354 e. The molecule has 2 heterocycles. The van der Waals surface area contributed by atoms with E-state index in [-0.39, 0.29) is 5.69 Å². The smallest absolute Gasteiger partial charge is 0.354 e. The van der Waals surface area contributed by atoms with Crippen LogP contribution in [0.2, 0.25) is 0 Å². The van der Waals surface area contributed by atoms with E-state index in [2.05, 4.69) is 4.98 Å². The molecule has 0 aliphatic carbocycles. The Hall–Kier alpha value is -1.62. The van der Waals surface area contributed by atoms with Crippen LogP contribution in [0.15, 0.2) is 18.3 Å². The summed E-state index contributed by atoms with van der Waals surface area (Å²) in [6.45, 7) is 1.49. The number of hydrogen-bond acceptors (Lipinski definition) is 4. The molecule has 1 aliphatic rings. The highest BCUT2D eigenvalue weighted by Crippen LogP contribution is 2.17. The highest BCUT2D eigenvalue weighted by atomic mass is 16.5. The van der Waals surface area contributed by atoms with Crippen LogP contribution in [0.1, 0.15) is 36.2 Å². The average molecular weight is 251 g/mol. The lowest BCUT2D eigenvalue weighted by atomic mass is 10.1. The SMILES string of the molecule is O=C(O)c1ccc(OCCCC2CCCO2)cn1. The van der Waals surface area contributed by atoms with E-state index < -0.39 is 5.97 Å². The Kier molecular flexibility index (Phi) is 4.52. The minimum absolute atomic E-state index is 0.0294. The molecule has 1 N–H and O–H groups in total. The van der Waals surface area contributed by atoms with Gasteiger partial charge < -0.3 is 14.6 Å². The van der Waals surface area contributed by atoms with E-state index in [9.17, 15) is 4.79 Å². The second kappa shape index (κ2) is 6.35. The third-order valence-electron chi connectivity index (χ3n) is 2.92. The largest absolute Gasteiger partial charge is 0.492 e. The Balaban J connectivity index is 1.68. The van der Waals surface area contributed by atoms with E-state index in [1.807, 2.05) is 0 Å². The molecule has 1 atom stereocenters. The third-order valence-corrected chi connectivity index (χ3v) is 2.92. The second-order valence-electron chi connectivity index (χ2n) is 4.31. The molecule has 18 heavy (non-hydrogen) atoms. The lowest BCUT2D eigenvalue weighted by Crippen LogP contribution is -2.08.